The number of hydrogen-bond donors (Lipinski definition) is 2. The van der Waals surface area contributed by atoms with Crippen LogP contribution in [0.25, 0.3) is 0 Å². The van der Waals surface area contributed by atoms with Gasteiger partial charge < -0.3 is 20.5 Å². The van der Waals surface area contributed by atoms with Crippen molar-refractivity contribution < 1.29 is 31.4 Å². The Balaban J connectivity index is 0.00000364. The van der Waals surface area contributed by atoms with E-state index >= 15 is 0 Å². The number of anilines is 1. The Kier molecular flexibility index (Phi) is 8.53. The minimum atomic E-state index is -4.76. The van der Waals surface area contributed by atoms with E-state index < -0.39 is 18.0 Å². The zero-order chi connectivity index (χ0) is 19.2. The molecule has 2 aromatic rings. The van der Waals surface area contributed by atoms with Crippen LogP contribution < -0.4 is 20.5 Å². The summed E-state index contributed by atoms with van der Waals surface area (Å²) in [4.78, 5) is 3.91. The van der Waals surface area contributed by atoms with Crippen LogP contribution in [0.15, 0.2) is 47.5 Å². The van der Waals surface area contributed by atoms with Crippen LogP contribution in [-0.2, 0) is 0 Å². The average Bonchev–Trinajstić information content (AvgIpc) is 2.54. The molecule has 2 aromatic carbocycles. The summed E-state index contributed by atoms with van der Waals surface area (Å²) in [5.74, 6) is -2.05. The van der Waals surface area contributed by atoms with Gasteiger partial charge in [0.25, 0.3) is 0 Å². The molecule has 0 aliphatic carbocycles. The summed E-state index contributed by atoms with van der Waals surface area (Å²) in [5.41, 5.74) is 6.02. The molecule has 0 bridgehead atoms. The lowest BCUT2D eigenvalue weighted by Gasteiger charge is -2.10. The quantitative estimate of drug-likeness (QED) is 0.203. The molecule has 0 unspecified atom stereocenters. The fourth-order valence-corrected chi connectivity index (χ4v) is 1.84. The fourth-order valence-electron chi connectivity index (χ4n) is 1.84. The maximum Gasteiger partial charge on any atom is 0.573 e. The predicted octanol–water partition coefficient (Wildman–Crippen LogP) is 4.29. The van der Waals surface area contributed by atoms with Crippen molar-refractivity contribution in [3.8, 4) is 11.5 Å². The van der Waals surface area contributed by atoms with Crippen LogP contribution in [0.3, 0.4) is 0 Å². The van der Waals surface area contributed by atoms with Crippen LogP contribution in [0.5, 0.6) is 11.5 Å². The molecule has 5 nitrogen and oxygen atoms in total. The number of rotatable bonds is 6. The maximum atomic E-state index is 13.3. The Hall–Kier alpha value is -2.31. The highest BCUT2D eigenvalue weighted by Crippen LogP contribution is 2.23. The van der Waals surface area contributed by atoms with Crippen molar-refractivity contribution in [1.29, 1.82) is 0 Å². The van der Waals surface area contributed by atoms with E-state index in [1.54, 1.807) is 0 Å². The van der Waals surface area contributed by atoms with Gasteiger partial charge in [-0.25, -0.2) is 13.8 Å². The van der Waals surface area contributed by atoms with Crippen LogP contribution in [-0.4, -0.2) is 25.5 Å². The first-order valence-electron chi connectivity index (χ1n) is 7.23. The van der Waals surface area contributed by atoms with E-state index in [1.807, 2.05) is 0 Å². The number of nitrogens with one attached hydrogen (secondary N) is 1. The van der Waals surface area contributed by atoms with E-state index in [9.17, 15) is 22.0 Å². The molecule has 0 aromatic heterocycles. The number of ether oxygens (including phenoxy) is 2. The number of nitrogens with two attached hydrogens (primary N) is 1. The molecule has 0 radical (unpaired) electrons. The van der Waals surface area contributed by atoms with Gasteiger partial charge in [0.05, 0.1) is 6.54 Å². The topological polar surface area (TPSA) is 68.9 Å². The highest BCUT2D eigenvalue weighted by Gasteiger charge is 2.30. The van der Waals surface area contributed by atoms with Gasteiger partial charge in [0, 0.05) is 11.8 Å². The Bertz CT molecular complexity index is 770. The first kappa shape index (κ1) is 22.7. The fraction of sp³-hybridized carbons (Fsp3) is 0.188. The minimum Gasteiger partial charge on any atom is -0.489 e. The number of nitrogens with zero attached hydrogens (tertiary/aromatic N) is 1. The first-order valence-corrected chi connectivity index (χ1v) is 7.23. The molecule has 27 heavy (non-hydrogen) atoms. The van der Waals surface area contributed by atoms with Crippen molar-refractivity contribution in [1.82, 2.24) is 0 Å². The van der Waals surface area contributed by atoms with Gasteiger partial charge in [-0.05, 0) is 36.4 Å². The SMILES string of the molecule is I.NC(=NCCOc1ccc(F)cc1F)Nc1ccc(OC(F)(F)F)cc1. The van der Waals surface area contributed by atoms with Crippen molar-refractivity contribution >= 4 is 35.6 Å². The molecule has 0 saturated heterocycles. The number of aliphatic imine (C=N–C) groups is 1. The molecule has 0 atom stereocenters. The van der Waals surface area contributed by atoms with Crippen molar-refractivity contribution in [2.75, 3.05) is 18.5 Å². The molecule has 0 fully saturated rings. The summed E-state index contributed by atoms with van der Waals surface area (Å²) in [6.07, 6.45) is -4.76. The largest absolute Gasteiger partial charge is 0.573 e. The zero-order valence-electron chi connectivity index (χ0n) is 13.6. The smallest absolute Gasteiger partial charge is 0.489 e. The molecular weight excluding hydrogens is 488 g/mol. The summed E-state index contributed by atoms with van der Waals surface area (Å²) >= 11 is 0. The van der Waals surface area contributed by atoms with Crippen molar-refractivity contribution in [3.63, 3.8) is 0 Å². The standard InChI is InChI=1S/C16H14F5N3O2.HI/c17-10-1-6-14(13(18)9-10)25-8-7-23-15(22)24-11-2-4-12(5-3-11)26-16(19,20)21;/h1-6,9H,7-8H2,(H3,22,23,24);1H. The van der Waals surface area contributed by atoms with Crippen molar-refractivity contribution in [3.05, 3.63) is 54.1 Å². The summed E-state index contributed by atoms with van der Waals surface area (Å²) in [7, 11) is 0. The molecule has 0 spiro atoms. The summed E-state index contributed by atoms with van der Waals surface area (Å²) in [6, 6.07) is 7.79. The van der Waals surface area contributed by atoms with Crippen LogP contribution in [0.4, 0.5) is 27.6 Å². The van der Waals surface area contributed by atoms with Crippen LogP contribution in [0, 0.1) is 11.6 Å². The second-order valence-electron chi connectivity index (χ2n) is 4.89. The molecule has 0 aliphatic rings. The first-order chi connectivity index (χ1) is 12.2. The molecule has 2 rings (SSSR count). The Morgan fingerprint density at radius 1 is 1.07 bits per heavy atom. The molecule has 0 amide bonds. The van der Waals surface area contributed by atoms with Gasteiger partial charge >= 0.3 is 6.36 Å². The van der Waals surface area contributed by atoms with Gasteiger partial charge in [-0.3, -0.25) is 0 Å². The Labute approximate surface area is 168 Å². The van der Waals surface area contributed by atoms with Crippen molar-refractivity contribution in [2.24, 2.45) is 10.7 Å². The van der Waals surface area contributed by atoms with Gasteiger partial charge in [-0.1, -0.05) is 0 Å². The molecule has 0 saturated carbocycles. The lowest BCUT2D eigenvalue weighted by molar-refractivity contribution is -0.274. The van der Waals surface area contributed by atoms with Crippen LogP contribution in [0.2, 0.25) is 0 Å². The third-order valence-corrected chi connectivity index (χ3v) is 2.89. The van der Waals surface area contributed by atoms with E-state index in [4.69, 9.17) is 10.5 Å². The number of benzene rings is 2. The normalized spacial score (nSPS) is 11.5. The van der Waals surface area contributed by atoms with Gasteiger partial charge in [0.2, 0.25) is 0 Å². The third-order valence-electron chi connectivity index (χ3n) is 2.89. The van der Waals surface area contributed by atoms with Gasteiger partial charge in [-0.2, -0.15) is 0 Å². The lowest BCUT2D eigenvalue weighted by atomic mass is 10.3. The van der Waals surface area contributed by atoms with Gasteiger partial charge in [0.1, 0.15) is 18.2 Å². The van der Waals surface area contributed by atoms with E-state index in [0.717, 1.165) is 24.3 Å². The van der Waals surface area contributed by atoms with Gasteiger partial charge in [0.15, 0.2) is 17.5 Å². The average molecular weight is 503 g/mol. The highest BCUT2D eigenvalue weighted by molar-refractivity contribution is 14.0. The summed E-state index contributed by atoms with van der Waals surface area (Å²) < 4.78 is 71.1. The Morgan fingerprint density at radius 3 is 2.33 bits per heavy atom. The zero-order valence-corrected chi connectivity index (χ0v) is 15.9. The third kappa shape index (κ3) is 8.28. The van der Waals surface area contributed by atoms with Crippen molar-refractivity contribution in [2.45, 2.75) is 6.36 Å². The lowest BCUT2D eigenvalue weighted by Crippen LogP contribution is -2.23. The summed E-state index contributed by atoms with van der Waals surface area (Å²) in [5, 5.41) is 2.66. The second kappa shape index (κ2) is 10.1. The molecule has 3 N–H and O–H groups in total. The second-order valence-corrected chi connectivity index (χ2v) is 4.89. The molecule has 148 valence electrons. The Morgan fingerprint density at radius 2 is 1.74 bits per heavy atom. The molecule has 0 heterocycles. The van der Waals surface area contributed by atoms with Gasteiger partial charge in [-0.15, -0.1) is 37.1 Å². The number of halogens is 6. The summed E-state index contributed by atoms with van der Waals surface area (Å²) in [6.45, 7) is 0.0637. The van der Waals surface area contributed by atoms with E-state index in [2.05, 4.69) is 15.0 Å². The van der Waals surface area contributed by atoms with Crippen LogP contribution in [0.1, 0.15) is 0 Å². The van der Waals surface area contributed by atoms with E-state index in [1.165, 1.54) is 12.1 Å². The predicted molar refractivity (Wildman–Crippen MR) is 101 cm³/mol. The number of guanidine groups is 1. The molecule has 11 heteroatoms. The van der Waals surface area contributed by atoms with Crippen LogP contribution >= 0.6 is 24.0 Å². The highest BCUT2D eigenvalue weighted by atomic mass is 127. The minimum absolute atomic E-state index is 0. The van der Waals surface area contributed by atoms with E-state index in [0.29, 0.717) is 11.8 Å². The monoisotopic (exact) mass is 503 g/mol. The number of alkyl halides is 3. The number of hydrogen-bond acceptors (Lipinski definition) is 3. The maximum absolute atomic E-state index is 13.3. The molecule has 0 aliphatic heterocycles. The molecular formula is C16H15F5IN3O2. The van der Waals surface area contributed by atoms with E-state index in [-0.39, 0.29) is 54.6 Å².